The third-order valence-electron chi connectivity index (χ3n) is 2.26. The molecule has 0 aliphatic heterocycles. The second-order valence-electron chi connectivity index (χ2n) is 3.53. The molecule has 0 bridgehead atoms. The van der Waals surface area contributed by atoms with Crippen LogP contribution in [0.15, 0.2) is 46.9 Å². The van der Waals surface area contributed by atoms with Crippen LogP contribution >= 0.6 is 15.9 Å². The molecule has 0 aliphatic carbocycles. The Balaban J connectivity index is 2.22. The van der Waals surface area contributed by atoms with Gasteiger partial charge in [0.25, 0.3) is 0 Å². The Morgan fingerprint density at radius 2 is 1.88 bits per heavy atom. The first-order valence-corrected chi connectivity index (χ1v) is 5.90. The Morgan fingerprint density at radius 3 is 2.59 bits per heavy atom. The SMILES string of the molecule is NCc1cccc(Oc2ccc(Br)c(F)c2)c1. The highest BCUT2D eigenvalue weighted by atomic mass is 79.9. The molecule has 0 atom stereocenters. The maximum atomic E-state index is 13.3. The maximum Gasteiger partial charge on any atom is 0.141 e. The van der Waals surface area contributed by atoms with E-state index in [2.05, 4.69) is 15.9 Å². The van der Waals surface area contributed by atoms with Crippen LogP contribution in [0.3, 0.4) is 0 Å². The van der Waals surface area contributed by atoms with E-state index in [9.17, 15) is 4.39 Å². The standard InChI is InChI=1S/C13H11BrFNO/c14-12-5-4-11(7-13(12)15)17-10-3-1-2-9(6-10)8-16/h1-7H,8,16H2. The van der Waals surface area contributed by atoms with Gasteiger partial charge in [-0.25, -0.2) is 4.39 Å². The van der Waals surface area contributed by atoms with Crippen LogP contribution < -0.4 is 10.5 Å². The van der Waals surface area contributed by atoms with Crippen LogP contribution in [-0.4, -0.2) is 0 Å². The van der Waals surface area contributed by atoms with Crippen molar-refractivity contribution in [2.24, 2.45) is 5.73 Å². The molecular formula is C13H11BrFNO. The van der Waals surface area contributed by atoms with Crippen molar-refractivity contribution in [3.8, 4) is 11.5 Å². The molecule has 0 radical (unpaired) electrons. The van der Waals surface area contributed by atoms with E-state index in [1.807, 2.05) is 18.2 Å². The van der Waals surface area contributed by atoms with Crippen LogP contribution in [0, 0.1) is 5.82 Å². The highest BCUT2D eigenvalue weighted by molar-refractivity contribution is 9.10. The number of halogens is 2. The molecule has 17 heavy (non-hydrogen) atoms. The van der Waals surface area contributed by atoms with E-state index in [0.717, 1.165) is 5.56 Å². The van der Waals surface area contributed by atoms with Gasteiger partial charge in [0.1, 0.15) is 17.3 Å². The van der Waals surface area contributed by atoms with Gasteiger partial charge >= 0.3 is 0 Å². The number of nitrogens with two attached hydrogens (primary N) is 1. The van der Waals surface area contributed by atoms with Gasteiger partial charge in [0, 0.05) is 12.6 Å². The average Bonchev–Trinajstić information content (AvgIpc) is 2.34. The van der Waals surface area contributed by atoms with E-state index in [1.54, 1.807) is 18.2 Å². The number of ether oxygens (including phenoxy) is 1. The Labute approximate surface area is 107 Å². The van der Waals surface area contributed by atoms with Gasteiger partial charge in [0.05, 0.1) is 4.47 Å². The van der Waals surface area contributed by atoms with E-state index in [0.29, 0.717) is 22.5 Å². The summed E-state index contributed by atoms with van der Waals surface area (Å²) >= 11 is 3.09. The molecule has 0 fully saturated rings. The van der Waals surface area contributed by atoms with Crippen molar-refractivity contribution < 1.29 is 9.13 Å². The summed E-state index contributed by atoms with van der Waals surface area (Å²) in [5.74, 6) is 0.757. The molecule has 0 aromatic heterocycles. The highest BCUT2D eigenvalue weighted by Gasteiger charge is 2.03. The van der Waals surface area contributed by atoms with E-state index < -0.39 is 0 Å². The van der Waals surface area contributed by atoms with Crippen LogP contribution in [0.2, 0.25) is 0 Å². The van der Waals surface area contributed by atoms with Gasteiger partial charge in [-0.05, 0) is 45.8 Å². The van der Waals surface area contributed by atoms with E-state index in [4.69, 9.17) is 10.5 Å². The molecule has 2 N–H and O–H groups in total. The lowest BCUT2D eigenvalue weighted by Gasteiger charge is -2.07. The van der Waals surface area contributed by atoms with Crippen LogP contribution in [0.4, 0.5) is 4.39 Å². The summed E-state index contributed by atoms with van der Waals surface area (Å²) in [5.41, 5.74) is 6.51. The molecule has 2 rings (SSSR count). The molecule has 4 heteroatoms. The van der Waals surface area contributed by atoms with Crippen molar-refractivity contribution in [1.82, 2.24) is 0 Å². The van der Waals surface area contributed by atoms with E-state index in [-0.39, 0.29) is 5.82 Å². The fourth-order valence-electron chi connectivity index (χ4n) is 1.41. The molecule has 88 valence electrons. The van der Waals surface area contributed by atoms with Gasteiger partial charge < -0.3 is 10.5 Å². The summed E-state index contributed by atoms with van der Waals surface area (Å²) in [5, 5.41) is 0. The minimum Gasteiger partial charge on any atom is -0.457 e. The number of hydrogen-bond acceptors (Lipinski definition) is 2. The number of benzene rings is 2. The quantitative estimate of drug-likeness (QED) is 0.934. The predicted molar refractivity (Wildman–Crippen MR) is 68.5 cm³/mol. The topological polar surface area (TPSA) is 35.2 Å². The minimum absolute atomic E-state index is 0.350. The van der Waals surface area contributed by atoms with E-state index >= 15 is 0 Å². The Bertz CT molecular complexity index is 531. The molecule has 0 unspecified atom stereocenters. The molecule has 0 aliphatic rings. The summed E-state index contributed by atoms with van der Waals surface area (Å²) in [6.07, 6.45) is 0. The van der Waals surface area contributed by atoms with Crippen molar-refractivity contribution >= 4 is 15.9 Å². The van der Waals surface area contributed by atoms with Crippen LogP contribution in [0.5, 0.6) is 11.5 Å². The second-order valence-corrected chi connectivity index (χ2v) is 4.38. The fraction of sp³-hybridized carbons (Fsp3) is 0.0769. The molecule has 2 nitrogen and oxygen atoms in total. The first-order chi connectivity index (χ1) is 8.19. The summed E-state index contributed by atoms with van der Waals surface area (Å²) in [6.45, 7) is 0.450. The van der Waals surface area contributed by atoms with Crippen LogP contribution in [0.1, 0.15) is 5.56 Å². The second kappa shape index (κ2) is 5.29. The van der Waals surface area contributed by atoms with Crippen LogP contribution in [0.25, 0.3) is 0 Å². The zero-order chi connectivity index (χ0) is 12.3. The van der Waals surface area contributed by atoms with Gasteiger partial charge in [-0.15, -0.1) is 0 Å². The lowest BCUT2D eigenvalue weighted by Crippen LogP contribution is -1.96. The minimum atomic E-state index is -0.350. The highest BCUT2D eigenvalue weighted by Crippen LogP contribution is 2.26. The number of rotatable bonds is 3. The zero-order valence-corrected chi connectivity index (χ0v) is 10.6. The van der Waals surface area contributed by atoms with Crippen molar-refractivity contribution in [3.05, 3.63) is 58.3 Å². The first-order valence-electron chi connectivity index (χ1n) is 5.11. The third kappa shape index (κ3) is 3.05. The zero-order valence-electron chi connectivity index (χ0n) is 8.99. The van der Waals surface area contributed by atoms with Gasteiger partial charge in [-0.3, -0.25) is 0 Å². The smallest absolute Gasteiger partial charge is 0.141 e. The van der Waals surface area contributed by atoms with Crippen molar-refractivity contribution in [1.29, 1.82) is 0 Å². The van der Waals surface area contributed by atoms with Gasteiger partial charge in [-0.2, -0.15) is 0 Å². The van der Waals surface area contributed by atoms with Crippen molar-refractivity contribution in [3.63, 3.8) is 0 Å². The average molecular weight is 296 g/mol. The summed E-state index contributed by atoms with van der Waals surface area (Å²) in [4.78, 5) is 0. The number of hydrogen-bond donors (Lipinski definition) is 1. The lowest BCUT2D eigenvalue weighted by molar-refractivity contribution is 0.475. The summed E-state index contributed by atoms with van der Waals surface area (Å²) in [6, 6.07) is 12.0. The molecular weight excluding hydrogens is 285 g/mol. The maximum absolute atomic E-state index is 13.3. The van der Waals surface area contributed by atoms with Crippen LogP contribution in [-0.2, 0) is 6.54 Å². The lowest BCUT2D eigenvalue weighted by atomic mass is 10.2. The Morgan fingerprint density at radius 1 is 1.12 bits per heavy atom. The largest absolute Gasteiger partial charge is 0.457 e. The third-order valence-corrected chi connectivity index (χ3v) is 2.90. The van der Waals surface area contributed by atoms with E-state index in [1.165, 1.54) is 6.07 Å². The molecule has 0 saturated heterocycles. The summed E-state index contributed by atoms with van der Waals surface area (Å²) in [7, 11) is 0. The van der Waals surface area contributed by atoms with Gasteiger partial charge in [0.15, 0.2) is 0 Å². The molecule has 2 aromatic rings. The first kappa shape index (κ1) is 12.1. The fourth-order valence-corrected chi connectivity index (χ4v) is 1.66. The molecule has 0 spiro atoms. The Hall–Kier alpha value is -1.39. The molecule has 2 aromatic carbocycles. The Kier molecular flexibility index (Phi) is 3.76. The van der Waals surface area contributed by atoms with Crippen molar-refractivity contribution in [2.75, 3.05) is 0 Å². The molecule has 0 saturated carbocycles. The summed E-state index contributed by atoms with van der Waals surface area (Å²) < 4.78 is 19.2. The predicted octanol–water partition coefficient (Wildman–Crippen LogP) is 3.84. The van der Waals surface area contributed by atoms with Gasteiger partial charge in [0.2, 0.25) is 0 Å². The monoisotopic (exact) mass is 295 g/mol. The molecule has 0 heterocycles. The normalized spacial score (nSPS) is 10.3. The van der Waals surface area contributed by atoms with Crippen molar-refractivity contribution in [2.45, 2.75) is 6.54 Å². The van der Waals surface area contributed by atoms with Gasteiger partial charge in [-0.1, -0.05) is 12.1 Å². The molecule has 0 amide bonds.